The highest BCUT2D eigenvalue weighted by atomic mass is 32.2. The first kappa shape index (κ1) is 30.3. The molecule has 1 aliphatic rings. The summed E-state index contributed by atoms with van der Waals surface area (Å²) < 4.78 is 108. The molecule has 2 atom stereocenters. The number of halogens is 5. The standard InChI is InChI=1S/C28H26F5NO6S/c1-16-5-4-6-20(11-16)41(37,38)34-15-19(8-10-25(35)27(2,36)28(31,32)33)40-23-9-7-17(12-22(23)34)21-13-18(29)14-24(39-3)26(21)30/h4-7,9,11-14,19,36H,8,10,15H2,1-3H3/t19-,27+/m0/s1. The van der Waals surface area contributed by atoms with Crippen LogP contribution in [0.1, 0.15) is 25.3 Å². The molecule has 0 bridgehead atoms. The molecule has 1 N–H and O–H groups in total. The third kappa shape index (κ3) is 5.87. The summed E-state index contributed by atoms with van der Waals surface area (Å²) >= 11 is 0. The number of sulfonamides is 1. The zero-order valence-corrected chi connectivity index (χ0v) is 22.9. The van der Waals surface area contributed by atoms with Gasteiger partial charge in [0.2, 0.25) is 5.60 Å². The summed E-state index contributed by atoms with van der Waals surface area (Å²) in [5.74, 6) is -3.56. The molecule has 0 saturated heterocycles. The Labute approximate surface area is 233 Å². The zero-order valence-electron chi connectivity index (χ0n) is 22.1. The summed E-state index contributed by atoms with van der Waals surface area (Å²) in [7, 11) is -3.14. The smallest absolute Gasteiger partial charge is 0.424 e. The van der Waals surface area contributed by atoms with Crippen molar-refractivity contribution >= 4 is 21.5 Å². The van der Waals surface area contributed by atoms with Gasteiger partial charge in [-0.25, -0.2) is 17.2 Å². The highest BCUT2D eigenvalue weighted by molar-refractivity contribution is 7.92. The third-order valence-corrected chi connectivity index (χ3v) is 8.57. The van der Waals surface area contributed by atoms with E-state index >= 15 is 4.39 Å². The van der Waals surface area contributed by atoms with Crippen LogP contribution in [0.3, 0.4) is 0 Å². The van der Waals surface area contributed by atoms with Crippen LogP contribution in [0.15, 0.2) is 59.5 Å². The number of methoxy groups -OCH3 is 1. The van der Waals surface area contributed by atoms with Crippen molar-refractivity contribution in [2.45, 2.75) is 49.5 Å². The average Bonchev–Trinajstić information content (AvgIpc) is 2.91. The second-order valence-electron chi connectivity index (χ2n) is 9.78. The van der Waals surface area contributed by atoms with Crippen molar-refractivity contribution in [2.75, 3.05) is 18.0 Å². The van der Waals surface area contributed by atoms with Gasteiger partial charge >= 0.3 is 6.18 Å². The van der Waals surface area contributed by atoms with Crippen LogP contribution in [-0.2, 0) is 14.8 Å². The van der Waals surface area contributed by atoms with Crippen LogP contribution >= 0.6 is 0 Å². The molecule has 0 aliphatic carbocycles. The van der Waals surface area contributed by atoms with Crippen LogP contribution in [0.2, 0.25) is 0 Å². The summed E-state index contributed by atoms with van der Waals surface area (Å²) in [5.41, 5.74) is -3.09. The van der Waals surface area contributed by atoms with E-state index in [4.69, 9.17) is 9.47 Å². The van der Waals surface area contributed by atoms with Crippen LogP contribution in [0.25, 0.3) is 11.1 Å². The van der Waals surface area contributed by atoms with Crippen LogP contribution in [0.4, 0.5) is 27.6 Å². The maximum atomic E-state index is 15.0. The second kappa shape index (κ2) is 10.9. The maximum absolute atomic E-state index is 15.0. The number of hydrogen-bond acceptors (Lipinski definition) is 6. The molecule has 41 heavy (non-hydrogen) atoms. The number of rotatable bonds is 8. The van der Waals surface area contributed by atoms with Gasteiger partial charge in [-0.1, -0.05) is 18.2 Å². The molecule has 7 nitrogen and oxygen atoms in total. The normalized spacial score (nSPS) is 16.9. The van der Waals surface area contributed by atoms with E-state index in [1.807, 2.05) is 0 Å². The molecule has 0 radical (unpaired) electrons. The number of anilines is 1. The van der Waals surface area contributed by atoms with Crippen molar-refractivity contribution in [1.82, 2.24) is 0 Å². The largest absolute Gasteiger partial charge is 0.494 e. The minimum atomic E-state index is -5.20. The van der Waals surface area contributed by atoms with Crippen LogP contribution in [-0.4, -0.2) is 50.8 Å². The number of benzene rings is 3. The second-order valence-corrected chi connectivity index (χ2v) is 11.6. The van der Waals surface area contributed by atoms with E-state index in [-0.39, 0.29) is 39.6 Å². The van der Waals surface area contributed by atoms with Crippen molar-refractivity contribution in [1.29, 1.82) is 0 Å². The Morgan fingerprint density at radius 1 is 1.12 bits per heavy atom. The lowest BCUT2D eigenvalue weighted by atomic mass is 9.95. The fourth-order valence-corrected chi connectivity index (χ4v) is 5.98. The van der Waals surface area contributed by atoms with Crippen molar-refractivity contribution in [2.24, 2.45) is 0 Å². The Hall–Kier alpha value is -3.71. The lowest BCUT2D eigenvalue weighted by molar-refractivity contribution is -0.244. The lowest BCUT2D eigenvalue weighted by Gasteiger charge is -2.36. The Bertz CT molecular complexity index is 1590. The van der Waals surface area contributed by atoms with Gasteiger partial charge in [0.25, 0.3) is 10.0 Å². The van der Waals surface area contributed by atoms with E-state index in [0.717, 1.165) is 23.5 Å². The number of fused-ring (bicyclic) bond motifs is 1. The van der Waals surface area contributed by atoms with Crippen LogP contribution < -0.4 is 13.8 Å². The van der Waals surface area contributed by atoms with E-state index in [9.17, 15) is 35.9 Å². The third-order valence-electron chi connectivity index (χ3n) is 6.79. The molecule has 1 aliphatic heterocycles. The Balaban J connectivity index is 1.76. The number of hydrogen-bond donors (Lipinski definition) is 1. The maximum Gasteiger partial charge on any atom is 0.424 e. The summed E-state index contributed by atoms with van der Waals surface area (Å²) in [6.07, 6.45) is -7.37. The average molecular weight is 600 g/mol. The van der Waals surface area contributed by atoms with Gasteiger partial charge in [-0.05, 0) is 61.7 Å². The molecule has 0 unspecified atom stereocenters. The van der Waals surface area contributed by atoms with E-state index < -0.39 is 58.3 Å². The number of carbonyl (C=O) groups is 1. The number of Topliss-reactive ketones (excluding diaryl/α,β-unsaturated/α-hetero) is 1. The minimum Gasteiger partial charge on any atom is -0.494 e. The Morgan fingerprint density at radius 3 is 2.46 bits per heavy atom. The van der Waals surface area contributed by atoms with Crippen molar-refractivity contribution < 1.29 is 49.7 Å². The summed E-state index contributed by atoms with van der Waals surface area (Å²) in [6.45, 7) is 1.62. The topological polar surface area (TPSA) is 93.1 Å². The molecule has 0 fully saturated rings. The first-order valence-electron chi connectivity index (χ1n) is 12.3. The van der Waals surface area contributed by atoms with E-state index in [0.29, 0.717) is 12.5 Å². The van der Waals surface area contributed by atoms with Gasteiger partial charge in [-0.3, -0.25) is 9.10 Å². The molecule has 0 spiro atoms. The van der Waals surface area contributed by atoms with E-state index in [1.54, 1.807) is 13.0 Å². The SMILES string of the molecule is COc1cc(F)cc(-c2ccc3c(c2)N(S(=O)(=O)c2cccc(C)c2)C[C@H](CCC(=O)[C@@](C)(O)C(F)(F)F)O3)c1F. The molecule has 13 heteroatoms. The number of ether oxygens (including phenoxy) is 2. The number of aryl methyl sites for hydroxylation is 1. The minimum absolute atomic E-state index is 0.0139. The van der Waals surface area contributed by atoms with Crippen molar-refractivity contribution in [3.63, 3.8) is 0 Å². The molecule has 3 aromatic rings. The molecule has 0 saturated carbocycles. The molecule has 4 rings (SSSR count). The highest BCUT2D eigenvalue weighted by Crippen LogP contribution is 2.42. The van der Waals surface area contributed by atoms with E-state index in [2.05, 4.69) is 0 Å². The van der Waals surface area contributed by atoms with Crippen LogP contribution in [0, 0.1) is 18.6 Å². The van der Waals surface area contributed by atoms with Gasteiger partial charge in [-0.15, -0.1) is 0 Å². The molecule has 1 heterocycles. The number of ketones is 1. The molecule has 220 valence electrons. The first-order chi connectivity index (χ1) is 19.1. The summed E-state index contributed by atoms with van der Waals surface area (Å²) in [4.78, 5) is 12.1. The van der Waals surface area contributed by atoms with Gasteiger partial charge in [0, 0.05) is 18.1 Å². The number of carbonyl (C=O) groups excluding carboxylic acids is 1. The van der Waals surface area contributed by atoms with Gasteiger partial charge < -0.3 is 14.6 Å². The lowest BCUT2D eigenvalue weighted by Crippen LogP contribution is -2.50. The summed E-state index contributed by atoms with van der Waals surface area (Å²) in [6, 6.07) is 11.7. The fourth-order valence-electron chi connectivity index (χ4n) is 4.38. The number of alkyl halides is 3. The van der Waals surface area contributed by atoms with Gasteiger partial charge in [-0.2, -0.15) is 13.2 Å². The number of nitrogens with zero attached hydrogens (tertiary/aromatic N) is 1. The van der Waals surface area contributed by atoms with Gasteiger partial charge in [0.1, 0.15) is 17.7 Å². The molecule has 0 amide bonds. The molecule has 0 aromatic heterocycles. The molecular weight excluding hydrogens is 573 g/mol. The van der Waals surface area contributed by atoms with Crippen LogP contribution in [0.5, 0.6) is 11.5 Å². The molecule has 3 aromatic carbocycles. The summed E-state index contributed by atoms with van der Waals surface area (Å²) in [5, 5.41) is 9.69. The highest BCUT2D eigenvalue weighted by Gasteiger charge is 2.55. The Morgan fingerprint density at radius 2 is 1.83 bits per heavy atom. The zero-order chi connectivity index (χ0) is 30.3. The first-order valence-corrected chi connectivity index (χ1v) is 13.8. The monoisotopic (exact) mass is 599 g/mol. The number of aliphatic hydroxyl groups is 1. The molecular formula is C28H26F5NO6S. The predicted octanol–water partition coefficient (Wildman–Crippen LogP) is 5.57. The van der Waals surface area contributed by atoms with E-state index in [1.165, 1.54) is 36.4 Å². The van der Waals surface area contributed by atoms with Crippen molar-refractivity contribution in [3.05, 3.63) is 71.8 Å². The quantitative estimate of drug-likeness (QED) is 0.341. The fraction of sp³-hybridized carbons (Fsp3) is 0.321. The van der Waals surface area contributed by atoms with Gasteiger partial charge in [0.15, 0.2) is 17.3 Å². The van der Waals surface area contributed by atoms with Crippen molar-refractivity contribution in [3.8, 4) is 22.6 Å². The Kier molecular flexibility index (Phi) is 8.07. The van der Waals surface area contributed by atoms with Gasteiger partial charge in [0.05, 0.1) is 24.2 Å². The predicted molar refractivity (Wildman–Crippen MR) is 139 cm³/mol.